The molecule has 0 aliphatic rings. The number of nitrogens with two attached hydrogens (primary N) is 1. The Hall–Kier alpha value is -3.25. The van der Waals surface area contributed by atoms with Crippen LogP contribution in [0.25, 0.3) is 27.7 Å². The lowest BCUT2D eigenvalue weighted by Gasteiger charge is -2.15. The van der Waals surface area contributed by atoms with Gasteiger partial charge in [-0.05, 0) is 18.1 Å². The molecule has 0 saturated heterocycles. The molecule has 0 atom stereocenters. The second kappa shape index (κ2) is 7.17. The topological polar surface area (TPSA) is 109 Å². The van der Waals surface area contributed by atoms with Crippen LogP contribution in [0.5, 0.6) is 0 Å². The van der Waals surface area contributed by atoms with E-state index in [1.165, 1.54) is 6.07 Å². The summed E-state index contributed by atoms with van der Waals surface area (Å²) in [6.07, 6.45) is 0.242. The second-order valence-corrected chi connectivity index (χ2v) is 8.40. The van der Waals surface area contributed by atoms with Crippen molar-refractivity contribution >= 4 is 20.9 Å². The van der Waals surface area contributed by atoms with Crippen LogP contribution in [-0.2, 0) is 29.7 Å². The van der Waals surface area contributed by atoms with Gasteiger partial charge in [0.25, 0.3) is 10.0 Å². The maximum absolute atomic E-state index is 13.0. The molecule has 31 heavy (non-hydrogen) atoms. The molecule has 8 nitrogen and oxygen atoms in total. The molecule has 3 aromatic heterocycles. The third kappa shape index (κ3) is 3.68. The zero-order valence-corrected chi connectivity index (χ0v) is 17.2. The molecule has 0 bridgehead atoms. The lowest BCUT2D eigenvalue weighted by molar-refractivity contribution is -0.137. The number of nitrogens with zero attached hydrogens (tertiary/aromatic N) is 5. The smallest absolute Gasteiger partial charge is 0.267 e. The standard InChI is InChI=1S/C19H17F3N6O2S/c1-3-11-4-5-12-7-25-27(2)17(12)16(11)15-6-14(9-24-18(15)31(23,29)30)28-10-13(8-26-28)19(20,21)22/h4-10H,3H2,1-2H3,(H2,23,29,30). The Bertz CT molecular complexity index is 1410. The summed E-state index contributed by atoms with van der Waals surface area (Å²) in [5.74, 6) is 0. The average molecular weight is 450 g/mol. The minimum atomic E-state index is -4.56. The molecule has 0 spiro atoms. The number of rotatable bonds is 4. The van der Waals surface area contributed by atoms with Gasteiger partial charge in [-0.1, -0.05) is 19.1 Å². The van der Waals surface area contributed by atoms with Gasteiger partial charge >= 0.3 is 6.18 Å². The van der Waals surface area contributed by atoms with Gasteiger partial charge in [-0.2, -0.15) is 23.4 Å². The van der Waals surface area contributed by atoms with Crippen LogP contribution < -0.4 is 5.14 Å². The Morgan fingerprint density at radius 1 is 1.13 bits per heavy atom. The molecule has 0 amide bonds. The Morgan fingerprint density at radius 2 is 1.87 bits per heavy atom. The van der Waals surface area contributed by atoms with Crippen LogP contribution in [0.1, 0.15) is 18.1 Å². The molecule has 3 heterocycles. The summed E-state index contributed by atoms with van der Waals surface area (Å²) in [6.45, 7) is 1.90. The van der Waals surface area contributed by atoms with Crippen LogP contribution in [0.2, 0.25) is 0 Å². The molecule has 4 rings (SSSR count). The van der Waals surface area contributed by atoms with Crippen molar-refractivity contribution in [3.8, 4) is 16.8 Å². The SMILES string of the molecule is CCc1ccc2cnn(C)c2c1-c1cc(-n2cc(C(F)(F)F)cn2)cnc1S(N)(=O)=O. The molecule has 4 aromatic rings. The van der Waals surface area contributed by atoms with Crippen molar-refractivity contribution in [2.24, 2.45) is 12.2 Å². The predicted octanol–water partition coefficient (Wildman–Crippen LogP) is 3.05. The number of halogens is 3. The van der Waals surface area contributed by atoms with E-state index in [1.807, 2.05) is 19.1 Å². The molecular weight excluding hydrogens is 433 g/mol. The molecule has 0 radical (unpaired) electrons. The van der Waals surface area contributed by atoms with Crippen LogP contribution in [0, 0.1) is 0 Å². The van der Waals surface area contributed by atoms with Gasteiger partial charge < -0.3 is 0 Å². The molecular formula is C19H17F3N6O2S. The van der Waals surface area contributed by atoms with E-state index >= 15 is 0 Å². The lowest BCUT2D eigenvalue weighted by Crippen LogP contribution is -2.16. The first kappa shape index (κ1) is 21.0. The maximum atomic E-state index is 13.0. The van der Waals surface area contributed by atoms with E-state index < -0.39 is 21.8 Å². The zero-order chi connectivity index (χ0) is 22.6. The molecule has 162 valence electrons. The first-order valence-electron chi connectivity index (χ1n) is 9.09. The molecule has 1 aromatic carbocycles. The highest BCUT2D eigenvalue weighted by molar-refractivity contribution is 7.89. The molecule has 2 N–H and O–H groups in total. The van der Waals surface area contributed by atoms with Crippen molar-refractivity contribution in [2.45, 2.75) is 24.5 Å². The van der Waals surface area contributed by atoms with Crippen LogP contribution in [0.4, 0.5) is 13.2 Å². The number of pyridine rings is 1. The molecule has 0 aliphatic carbocycles. The van der Waals surface area contributed by atoms with Crippen molar-refractivity contribution in [3.63, 3.8) is 0 Å². The van der Waals surface area contributed by atoms with E-state index in [1.54, 1.807) is 17.9 Å². The maximum Gasteiger partial charge on any atom is 0.419 e. The van der Waals surface area contributed by atoms with Gasteiger partial charge in [0, 0.05) is 29.8 Å². The molecule has 0 saturated carbocycles. The fourth-order valence-corrected chi connectivity index (χ4v) is 4.15. The summed E-state index contributed by atoms with van der Waals surface area (Å²) >= 11 is 0. The van der Waals surface area contributed by atoms with E-state index in [2.05, 4.69) is 15.2 Å². The van der Waals surface area contributed by atoms with Gasteiger partial charge in [0.05, 0.1) is 35.4 Å². The first-order chi connectivity index (χ1) is 14.5. The Balaban J connectivity index is 2.04. The summed E-state index contributed by atoms with van der Waals surface area (Å²) in [7, 11) is -2.53. The predicted molar refractivity (Wildman–Crippen MR) is 107 cm³/mol. The number of benzene rings is 1. The number of sulfonamides is 1. The van der Waals surface area contributed by atoms with Crippen LogP contribution in [0.3, 0.4) is 0 Å². The van der Waals surface area contributed by atoms with Gasteiger partial charge in [0.1, 0.15) is 0 Å². The summed E-state index contributed by atoms with van der Waals surface area (Å²) in [6, 6.07) is 5.12. The highest BCUT2D eigenvalue weighted by atomic mass is 32.2. The van der Waals surface area contributed by atoms with Gasteiger partial charge in [-0.25, -0.2) is 23.2 Å². The number of fused-ring (bicyclic) bond motifs is 1. The van der Waals surface area contributed by atoms with Crippen molar-refractivity contribution in [1.29, 1.82) is 0 Å². The van der Waals surface area contributed by atoms with Gasteiger partial charge in [-0.15, -0.1) is 0 Å². The van der Waals surface area contributed by atoms with Crippen LogP contribution in [-0.4, -0.2) is 33.0 Å². The summed E-state index contributed by atoms with van der Waals surface area (Å²) in [4.78, 5) is 3.99. The van der Waals surface area contributed by atoms with Crippen molar-refractivity contribution in [1.82, 2.24) is 24.5 Å². The van der Waals surface area contributed by atoms with Crippen molar-refractivity contribution in [2.75, 3.05) is 0 Å². The average Bonchev–Trinajstić information content (AvgIpc) is 3.33. The Morgan fingerprint density at radius 3 is 2.48 bits per heavy atom. The fourth-order valence-electron chi connectivity index (χ4n) is 3.49. The van der Waals surface area contributed by atoms with Crippen LogP contribution >= 0.6 is 0 Å². The third-order valence-corrected chi connectivity index (χ3v) is 5.78. The zero-order valence-electron chi connectivity index (χ0n) is 16.4. The molecule has 0 fully saturated rings. The second-order valence-electron chi connectivity index (χ2n) is 6.92. The van der Waals surface area contributed by atoms with Crippen molar-refractivity contribution in [3.05, 3.63) is 54.1 Å². The van der Waals surface area contributed by atoms with E-state index in [0.29, 0.717) is 23.7 Å². The normalized spacial score (nSPS) is 12.6. The Labute approximate surface area is 175 Å². The number of alkyl halides is 3. The number of hydrogen-bond donors (Lipinski definition) is 1. The third-order valence-electron chi connectivity index (χ3n) is 4.92. The minimum Gasteiger partial charge on any atom is -0.267 e. The van der Waals surface area contributed by atoms with E-state index in [4.69, 9.17) is 5.14 Å². The van der Waals surface area contributed by atoms with E-state index in [-0.39, 0.29) is 16.3 Å². The summed E-state index contributed by atoms with van der Waals surface area (Å²) in [5.41, 5.74) is 1.37. The van der Waals surface area contributed by atoms with E-state index in [9.17, 15) is 21.6 Å². The summed E-state index contributed by atoms with van der Waals surface area (Å²) in [5, 5.41) is 13.8. The highest BCUT2D eigenvalue weighted by Crippen LogP contribution is 2.36. The number of hydrogen-bond acceptors (Lipinski definition) is 5. The van der Waals surface area contributed by atoms with Gasteiger partial charge in [0.15, 0.2) is 5.03 Å². The minimum absolute atomic E-state index is 0.152. The van der Waals surface area contributed by atoms with Gasteiger partial charge in [-0.3, -0.25) is 4.68 Å². The largest absolute Gasteiger partial charge is 0.419 e. The first-order valence-corrected chi connectivity index (χ1v) is 10.6. The highest BCUT2D eigenvalue weighted by Gasteiger charge is 2.32. The van der Waals surface area contributed by atoms with Crippen LogP contribution in [0.15, 0.2) is 48.0 Å². The molecule has 0 aliphatic heterocycles. The number of primary sulfonamides is 1. The lowest BCUT2D eigenvalue weighted by atomic mass is 9.96. The quantitative estimate of drug-likeness (QED) is 0.514. The van der Waals surface area contributed by atoms with E-state index in [0.717, 1.165) is 28.0 Å². The summed E-state index contributed by atoms with van der Waals surface area (Å²) < 4.78 is 66.1. The number of aryl methyl sites for hydroxylation is 2. The molecule has 12 heteroatoms. The Kier molecular flexibility index (Phi) is 4.85. The monoisotopic (exact) mass is 450 g/mol. The fraction of sp³-hybridized carbons (Fsp3) is 0.211. The van der Waals surface area contributed by atoms with Crippen molar-refractivity contribution < 1.29 is 21.6 Å². The molecule has 0 unspecified atom stereocenters. The number of aromatic nitrogens is 5. The van der Waals surface area contributed by atoms with Gasteiger partial charge in [0.2, 0.25) is 0 Å².